The molecule has 0 aliphatic carbocycles. The topological polar surface area (TPSA) is 71.0 Å². The second-order valence-corrected chi connectivity index (χ2v) is 7.36. The summed E-state index contributed by atoms with van der Waals surface area (Å²) in [4.78, 5) is 30.8. The maximum atomic E-state index is 13.0. The van der Waals surface area contributed by atoms with Gasteiger partial charge in [0.2, 0.25) is 11.5 Å². The van der Waals surface area contributed by atoms with Gasteiger partial charge in [-0.15, -0.1) is 0 Å². The highest BCUT2D eigenvalue weighted by Gasteiger charge is 2.41. The Labute approximate surface area is 171 Å². The molecule has 1 aliphatic rings. The van der Waals surface area contributed by atoms with Crippen LogP contribution in [0.3, 0.4) is 0 Å². The number of amides is 2. The van der Waals surface area contributed by atoms with Gasteiger partial charge in [-0.25, -0.2) is 0 Å². The monoisotopic (exact) mass is 419 g/mol. The third-order valence-corrected chi connectivity index (χ3v) is 4.46. The van der Waals surface area contributed by atoms with E-state index in [2.05, 4.69) is 10.5 Å². The highest BCUT2D eigenvalue weighted by atomic mass is 19.4. The average Bonchev–Trinajstić information content (AvgIpc) is 2.66. The molecule has 0 spiro atoms. The molecule has 6 nitrogen and oxygen atoms in total. The number of anilines is 1. The fourth-order valence-corrected chi connectivity index (χ4v) is 2.91. The minimum atomic E-state index is -4.46. The number of alkyl halides is 3. The Morgan fingerprint density at radius 2 is 1.70 bits per heavy atom. The van der Waals surface area contributed by atoms with Gasteiger partial charge < -0.3 is 10.2 Å². The van der Waals surface area contributed by atoms with Gasteiger partial charge in [-0.05, 0) is 43.7 Å². The number of nitrogens with one attached hydrogen (secondary N) is 1. The summed E-state index contributed by atoms with van der Waals surface area (Å²) in [5, 5.41) is 6.67. The van der Waals surface area contributed by atoms with Crippen molar-refractivity contribution >= 4 is 23.3 Å². The van der Waals surface area contributed by atoms with Gasteiger partial charge in [-0.3, -0.25) is 14.5 Å². The molecule has 0 saturated heterocycles. The van der Waals surface area contributed by atoms with Crippen LogP contribution < -0.4 is 5.32 Å². The van der Waals surface area contributed by atoms with Gasteiger partial charge in [-0.1, -0.05) is 29.4 Å². The van der Waals surface area contributed by atoms with E-state index >= 15 is 0 Å². The van der Waals surface area contributed by atoms with Gasteiger partial charge in [-0.2, -0.15) is 13.2 Å². The van der Waals surface area contributed by atoms with E-state index in [4.69, 9.17) is 4.84 Å². The van der Waals surface area contributed by atoms with Crippen molar-refractivity contribution in [1.29, 1.82) is 0 Å². The first-order valence-corrected chi connectivity index (χ1v) is 9.10. The van der Waals surface area contributed by atoms with Crippen LogP contribution in [-0.2, 0) is 27.1 Å². The lowest BCUT2D eigenvalue weighted by Crippen LogP contribution is -2.52. The van der Waals surface area contributed by atoms with Crippen molar-refractivity contribution in [1.82, 2.24) is 4.90 Å². The van der Waals surface area contributed by atoms with Crippen LogP contribution in [0.15, 0.2) is 53.7 Å². The molecule has 3 rings (SSSR count). The van der Waals surface area contributed by atoms with E-state index in [1.165, 1.54) is 24.0 Å². The van der Waals surface area contributed by atoms with Crippen LogP contribution in [0.5, 0.6) is 0 Å². The lowest BCUT2D eigenvalue weighted by Gasteiger charge is -2.35. The van der Waals surface area contributed by atoms with Crippen LogP contribution in [0.2, 0.25) is 0 Å². The second-order valence-electron chi connectivity index (χ2n) is 7.36. The first-order chi connectivity index (χ1) is 14.0. The van der Waals surface area contributed by atoms with Crippen LogP contribution in [0, 0.1) is 0 Å². The predicted octanol–water partition coefficient (Wildman–Crippen LogP) is 4.16. The summed E-state index contributed by atoms with van der Waals surface area (Å²) in [6.45, 7) is 4.66. The smallest absolute Gasteiger partial charge is 0.378 e. The van der Waals surface area contributed by atoms with Crippen molar-refractivity contribution in [3.63, 3.8) is 0 Å². The van der Waals surface area contributed by atoms with Crippen LogP contribution in [0.1, 0.15) is 37.5 Å². The Balaban J connectivity index is 1.90. The lowest BCUT2D eigenvalue weighted by atomic mass is 10.0. The third kappa shape index (κ3) is 4.61. The molecule has 2 aromatic rings. The summed E-state index contributed by atoms with van der Waals surface area (Å²) in [7, 11) is 0. The molecule has 30 heavy (non-hydrogen) atoms. The zero-order valence-corrected chi connectivity index (χ0v) is 16.6. The summed E-state index contributed by atoms with van der Waals surface area (Å²) >= 11 is 0. The number of rotatable bonds is 4. The van der Waals surface area contributed by atoms with E-state index < -0.39 is 17.3 Å². The second kappa shape index (κ2) is 7.81. The Morgan fingerprint density at radius 3 is 2.23 bits per heavy atom. The Hall–Kier alpha value is -3.36. The maximum Gasteiger partial charge on any atom is 0.416 e. The van der Waals surface area contributed by atoms with Gasteiger partial charge in [0, 0.05) is 18.2 Å². The summed E-state index contributed by atoms with van der Waals surface area (Å²) in [6.07, 6.45) is -4.46. The van der Waals surface area contributed by atoms with Crippen molar-refractivity contribution in [2.24, 2.45) is 5.16 Å². The zero-order chi connectivity index (χ0) is 22.1. The number of halogens is 3. The number of hydrogen-bond donors (Lipinski definition) is 1. The molecule has 0 radical (unpaired) electrons. The van der Waals surface area contributed by atoms with E-state index in [1.807, 2.05) is 0 Å². The maximum absolute atomic E-state index is 13.0. The van der Waals surface area contributed by atoms with E-state index in [-0.39, 0.29) is 24.2 Å². The van der Waals surface area contributed by atoms with Crippen LogP contribution in [0.25, 0.3) is 0 Å². The minimum absolute atomic E-state index is 0.124. The van der Waals surface area contributed by atoms with E-state index in [0.717, 1.165) is 17.7 Å². The Kier molecular flexibility index (Phi) is 5.56. The summed E-state index contributed by atoms with van der Waals surface area (Å²) in [5.74, 6) is -0.457. The van der Waals surface area contributed by atoms with Gasteiger partial charge >= 0.3 is 6.18 Å². The SMILES string of the molecule is CC(=O)Nc1ccc(CN2C(=O)C(C)(C)ON=C2c2ccc(C(F)(F)F)cc2)cc1. The van der Waals surface area contributed by atoms with Crippen molar-refractivity contribution < 1.29 is 27.6 Å². The van der Waals surface area contributed by atoms with Crippen molar-refractivity contribution in [3.05, 3.63) is 65.2 Å². The molecule has 0 aromatic heterocycles. The van der Waals surface area contributed by atoms with Crippen molar-refractivity contribution in [3.8, 4) is 0 Å². The minimum Gasteiger partial charge on any atom is -0.378 e. The molecule has 0 bridgehead atoms. The van der Waals surface area contributed by atoms with Gasteiger partial charge in [0.25, 0.3) is 5.91 Å². The number of hydrogen-bond acceptors (Lipinski definition) is 4. The van der Waals surface area contributed by atoms with Crippen LogP contribution in [-0.4, -0.2) is 28.2 Å². The first kappa shape index (κ1) is 21.4. The van der Waals surface area contributed by atoms with Gasteiger partial charge in [0.05, 0.1) is 12.1 Å². The number of oxime groups is 1. The fourth-order valence-electron chi connectivity index (χ4n) is 2.91. The van der Waals surface area contributed by atoms with E-state index in [1.54, 1.807) is 38.1 Å². The molecule has 1 N–H and O–H groups in total. The van der Waals surface area contributed by atoms with Crippen molar-refractivity contribution in [2.45, 2.75) is 39.1 Å². The van der Waals surface area contributed by atoms with Gasteiger partial charge in [0.1, 0.15) is 0 Å². The molecule has 1 aliphatic heterocycles. The molecule has 0 fully saturated rings. The predicted molar refractivity (Wildman–Crippen MR) is 104 cm³/mol. The molecule has 0 unspecified atom stereocenters. The van der Waals surface area contributed by atoms with Gasteiger partial charge in [0.15, 0.2) is 5.84 Å². The average molecular weight is 419 g/mol. The highest BCUT2D eigenvalue weighted by molar-refractivity contribution is 6.10. The lowest BCUT2D eigenvalue weighted by molar-refractivity contribution is -0.154. The summed E-state index contributed by atoms with van der Waals surface area (Å²) in [5.41, 5.74) is -0.339. The molecule has 0 atom stereocenters. The third-order valence-electron chi connectivity index (χ3n) is 4.46. The fraction of sp³-hybridized carbons (Fsp3) is 0.286. The molecular formula is C21H20F3N3O3. The van der Waals surface area contributed by atoms with Crippen LogP contribution >= 0.6 is 0 Å². The van der Waals surface area contributed by atoms with E-state index in [9.17, 15) is 22.8 Å². The summed E-state index contributed by atoms with van der Waals surface area (Å²) in [6, 6.07) is 11.2. The molecule has 2 amide bonds. The number of amidine groups is 1. The van der Waals surface area contributed by atoms with Crippen molar-refractivity contribution in [2.75, 3.05) is 5.32 Å². The standard InChI is InChI=1S/C21H20F3N3O3/c1-13(28)25-17-10-4-14(5-11-17)12-27-18(26-30-20(2,3)19(27)29)15-6-8-16(9-7-15)21(22,23)24/h4-11H,12H2,1-3H3,(H,25,28). The Bertz CT molecular complexity index is 981. The normalized spacial score (nSPS) is 16.0. The molecule has 9 heteroatoms. The van der Waals surface area contributed by atoms with E-state index in [0.29, 0.717) is 11.3 Å². The summed E-state index contributed by atoms with van der Waals surface area (Å²) < 4.78 is 38.6. The molecule has 1 heterocycles. The molecular weight excluding hydrogens is 399 g/mol. The quantitative estimate of drug-likeness (QED) is 0.809. The first-order valence-electron chi connectivity index (χ1n) is 9.10. The zero-order valence-electron chi connectivity index (χ0n) is 16.6. The largest absolute Gasteiger partial charge is 0.416 e. The molecule has 158 valence electrons. The molecule has 0 saturated carbocycles. The molecule has 2 aromatic carbocycles. The number of benzene rings is 2. The Morgan fingerprint density at radius 1 is 1.10 bits per heavy atom. The number of nitrogens with zero attached hydrogens (tertiary/aromatic N) is 2. The number of carbonyl (C=O) groups excluding carboxylic acids is 2. The number of carbonyl (C=O) groups is 2. The highest BCUT2D eigenvalue weighted by Crippen LogP contribution is 2.30. The van der Waals surface area contributed by atoms with Crippen LogP contribution in [0.4, 0.5) is 18.9 Å².